The standard InChI is InChI=1S/C32H27N5O8/c1-32(45-29(41)21-15-9-4-10-16-21)24(44-28(40)20-13-7-3-8-14-20)22(17-42-27(39)19-11-5-2-6-12-19)43-30(32)37-18-34-23-25(37)35-31(33)36-26(23)38/h2-16,18,22,24,30H,17H2,1H3,(H3,33,35,36,38)/t22?,24?,30?,32-/m1/s1. The molecule has 1 saturated heterocycles. The Kier molecular flexibility index (Phi) is 7.84. The maximum atomic E-state index is 13.5. The van der Waals surface area contributed by atoms with Gasteiger partial charge in [0.15, 0.2) is 29.1 Å². The summed E-state index contributed by atoms with van der Waals surface area (Å²) in [6.45, 7) is 1.13. The summed E-state index contributed by atoms with van der Waals surface area (Å²) in [5.41, 5.74) is 4.17. The molecule has 0 spiro atoms. The Morgan fingerprint density at radius 2 is 1.44 bits per heavy atom. The molecule has 45 heavy (non-hydrogen) atoms. The summed E-state index contributed by atoms with van der Waals surface area (Å²) >= 11 is 0. The lowest BCUT2D eigenvalue weighted by Gasteiger charge is -2.34. The smallest absolute Gasteiger partial charge is 0.338 e. The van der Waals surface area contributed by atoms with Gasteiger partial charge in [0.25, 0.3) is 5.56 Å². The Morgan fingerprint density at radius 3 is 2.04 bits per heavy atom. The Bertz CT molecular complexity index is 1910. The molecule has 0 amide bonds. The number of H-pyrrole nitrogens is 1. The van der Waals surface area contributed by atoms with Gasteiger partial charge in [-0.25, -0.2) is 19.4 Å². The van der Waals surface area contributed by atoms with Gasteiger partial charge in [0.05, 0.1) is 23.0 Å². The van der Waals surface area contributed by atoms with Crippen molar-refractivity contribution in [3.05, 3.63) is 124 Å². The summed E-state index contributed by atoms with van der Waals surface area (Å²) in [7, 11) is 0. The molecule has 1 aliphatic heterocycles. The number of anilines is 1. The average Bonchev–Trinajstić information content (AvgIpc) is 3.59. The minimum absolute atomic E-state index is 0.0262. The first-order valence-electron chi connectivity index (χ1n) is 13.9. The molecule has 4 atom stereocenters. The fraction of sp³-hybridized carbons (Fsp3) is 0.188. The number of ether oxygens (including phenoxy) is 4. The molecule has 6 rings (SSSR count). The Hall–Kier alpha value is -5.82. The zero-order valence-corrected chi connectivity index (χ0v) is 23.9. The van der Waals surface area contributed by atoms with Crippen LogP contribution in [0.25, 0.3) is 11.2 Å². The summed E-state index contributed by atoms with van der Waals surface area (Å²) in [6, 6.07) is 24.7. The van der Waals surface area contributed by atoms with E-state index >= 15 is 0 Å². The highest BCUT2D eigenvalue weighted by Gasteiger charge is 2.60. The number of benzene rings is 3. The molecular weight excluding hydrogens is 582 g/mol. The van der Waals surface area contributed by atoms with Crippen molar-refractivity contribution in [3.63, 3.8) is 0 Å². The Morgan fingerprint density at radius 1 is 0.889 bits per heavy atom. The summed E-state index contributed by atoms with van der Waals surface area (Å²) in [5.74, 6) is -2.31. The number of rotatable bonds is 8. The summed E-state index contributed by atoms with van der Waals surface area (Å²) in [4.78, 5) is 63.2. The number of imidazole rings is 1. The number of nitrogens with two attached hydrogens (primary N) is 1. The molecule has 13 nitrogen and oxygen atoms in total. The molecule has 0 radical (unpaired) electrons. The second kappa shape index (κ2) is 12.1. The second-order valence-electron chi connectivity index (χ2n) is 10.4. The molecule has 0 saturated carbocycles. The molecule has 5 aromatic rings. The molecule has 228 valence electrons. The van der Waals surface area contributed by atoms with E-state index in [0.29, 0.717) is 5.56 Å². The molecule has 13 heteroatoms. The quantitative estimate of drug-likeness (QED) is 0.195. The third-order valence-electron chi connectivity index (χ3n) is 7.35. The van der Waals surface area contributed by atoms with Crippen molar-refractivity contribution >= 4 is 35.0 Å². The van der Waals surface area contributed by atoms with E-state index < -0.39 is 54.1 Å². The van der Waals surface area contributed by atoms with Crippen LogP contribution in [0.15, 0.2) is 102 Å². The van der Waals surface area contributed by atoms with Gasteiger partial charge < -0.3 is 24.7 Å². The minimum Gasteiger partial charge on any atom is -0.459 e. The van der Waals surface area contributed by atoms with Crippen LogP contribution in [0.1, 0.15) is 44.2 Å². The maximum Gasteiger partial charge on any atom is 0.338 e. The predicted molar refractivity (Wildman–Crippen MR) is 159 cm³/mol. The number of nitrogen functional groups attached to an aromatic ring is 1. The lowest BCUT2D eigenvalue weighted by molar-refractivity contribution is -0.108. The average molecular weight is 610 g/mol. The van der Waals surface area contributed by atoms with Crippen LogP contribution in [0.2, 0.25) is 0 Å². The van der Waals surface area contributed by atoms with Crippen molar-refractivity contribution in [2.75, 3.05) is 12.3 Å². The number of fused-ring (bicyclic) bond motifs is 1. The number of hydrogen-bond acceptors (Lipinski definition) is 11. The van der Waals surface area contributed by atoms with Crippen molar-refractivity contribution in [2.24, 2.45) is 0 Å². The summed E-state index contributed by atoms with van der Waals surface area (Å²) < 4.78 is 25.5. The third kappa shape index (κ3) is 5.76. The van der Waals surface area contributed by atoms with Gasteiger partial charge in [0.1, 0.15) is 12.7 Å². The van der Waals surface area contributed by atoms with E-state index in [9.17, 15) is 19.2 Å². The summed E-state index contributed by atoms with van der Waals surface area (Å²) in [5, 5.41) is 0. The maximum absolute atomic E-state index is 13.5. The highest BCUT2D eigenvalue weighted by Crippen LogP contribution is 2.44. The van der Waals surface area contributed by atoms with Gasteiger partial charge in [0.2, 0.25) is 5.95 Å². The number of carbonyl (C=O) groups excluding carboxylic acids is 3. The SMILES string of the molecule is C[C@@]1(OC(=O)c2ccccc2)C(OC(=O)c2ccccc2)C(COC(=O)c2ccccc2)OC1n1cnc2c(=O)[nH]c(N)nc21. The molecule has 3 unspecified atom stereocenters. The van der Waals surface area contributed by atoms with E-state index in [1.165, 1.54) is 17.8 Å². The summed E-state index contributed by atoms with van der Waals surface area (Å²) in [6.07, 6.45) is -2.48. The van der Waals surface area contributed by atoms with Crippen LogP contribution in [0.3, 0.4) is 0 Å². The van der Waals surface area contributed by atoms with Crippen LogP contribution in [0.5, 0.6) is 0 Å². The third-order valence-corrected chi connectivity index (χ3v) is 7.35. The van der Waals surface area contributed by atoms with Gasteiger partial charge in [-0.15, -0.1) is 0 Å². The van der Waals surface area contributed by atoms with Gasteiger partial charge in [0, 0.05) is 0 Å². The number of aromatic amines is 1. The van der Waals surface area contributed by atoms with Gasteiger partial charge in [-0.05, 0) is 43.3 Å². The number of nitrogens with zero attached hydrogens (tertiary/aromatic N) is 3. The fourth-order valence-corrected chi connectivity index (χ4v) is 5.17. The largest absolute Gasteiger partial charge is 0.459 e. The monoisotopic (exact) mass is 609 g/mol. The number of hydrogen-bond donors (Lipinski definition) is 2. The number of aromatic nitrogens is 4. The first-order valence-corrected chi connectivity index (χ1v) is 13.9. The molecule has 0 bridgehead atoms. The first kappa shape index (κ1) is 29.3. The van der Waals surface area contributed by atoms with Crippen molar-refractivity contribution in [2.45, 2.75) is 31.0 Å². The highest BCUT2D eigenvalue weighted by molar-refractivity contribution is 5.91. The molecule has 1 fully saturated rings. The van der Waals surface area contributed by atoms with Crippen molar-refractivity contribution in [1.82, 2.24) is 19.5 Å². The number of esters is 3. The van der Waals surface area contributed by atoms with Crippen LogP contribution < -0.4 is 11.3 Å². The highest BCUT2D eigenvalue weighted by atomic mass is 16.7. The second-order valence-corrected chi connectivity index (χ2v) is 10.4. The van der Waals surface area contributed by atoms with Gasteiger partial charge in [-0.3, -0.25) is 14.3 Å². The van der Waals surface area contributed by atoms with E-state index in [4.69, 9.17) is 24.7 Å². The lowest BCUT2D eigenvalue weighted by atomic mass is 9.95. The zero-order valence-electron chi connectivity index (χ0n) is 23.9. The number of nitrogens with one attached hydrogen (secondary N) is 1. The fourth-order valence-electron chi connectivity index (χ4n) is 5.17. The van der Waals surface area contributed by atoms with Crippen LogP contribution >= 0.6 is 0 Å². The van der Waals surface area contributed by atoms with E-state index in [0.717, 1.165) is 0 Å². The van der Waals surface area contributed by atoms with Crippen LogP contribution in [0.4, 0.5) is 5.95 Å². The molecular formula is C32H27N5O8. The first-order chi connectivity index (χ1) is 21.7. The molecule has 1 aliphatic rings. The number of carbonyl (C=O) groups is 3. The normalized spacial score (nSPS) is 20.9. The van der Waals surface area contributed by atoms with Crippen LogP contribution in [-0.2, 0) is 18.9 Å². The van der Waals surface area contributed by atoms with Crippen LogP contribution in [0, 0.1) is 0 Å². The Labute approximate surface area is 255 Å². The van der Waals surface area contributed by atoms with Crippen molar-refractivity contribution in [3.8, 4) is 0 Å². The van der Waals surface area contributed by atoms with Crippen molar-refractivity contribution < 1.29 is 33.3 Å². The van der Waals surface area contributed by atoms with Gasteiger partial charge >= 0.3 is 17.9 Å². The van der Waals surface area contributed by atoms with Crippen molar-refractivity contribution in [1.29, 1.82) is 0 Å². The van der Waals surface area contributed by atoms with E-state index in [1.54, 1.807) is 91.0 Å². The molecule has 3 heterocycles. The molecule has 3 aromatic carbocycles. The van der Waals surface area contributed by atoms with Gasteiger partial charge in [-0.2, -0.15) is 4.98 Å². The Balaban J connectivity index is 1.43. The van der Waals surface area contributed by atoms with Gasteiger partial charge in [-0.1, -0.05) is 54.6 Å². The molecule has 2 aromatic heterocycles. The lowest BCUT2D eigenvalue weighted by Crippen LogP contribution is -2.50. The van der Waals surface area contributed by atoms with E-state index in [2.05, 4.69) is 15.0 Å². The van der Waals surface area contributed by atoms with Crippen LogP contribution in [-0.4, -0.2) is 61.8 Å². The van der Waals surface area contributed by atoms with E-state index in [-0.39, 0.29) is 28.2 Å². The molecule has 0 aliphatic carbocycles. The zero-order chi connectivity index (χ0) is 31.6. The molecule has 3 N–H and O–H groups in total. The predicted octanol–water partition coefficient (Wildman–Crippen LogP) is 3.30. The minimum atomic E-state index is -1.78. The van der Waals surface area contributed by atoms with E-state index in [1.807, 2.05) is 0 Å². The topological polar surface area (TPSA) is 178 Å².